The van der Waals surface area contributed by atoms with Crippen molar-refractivity contribution in [3.8, 4) is 0 Å². The molecule has 2 heterocycles. The van der Waals surface area contributed by atoms with Crippen LogP contribution in [-0.4, -0.2) is 30.3 Å². The van der Waals surface area contributed by atoms with E-state index >= 15 is 0 Å². The summed E-state index contributed by atoms with van der Waals surface area (Å²) in [6.07, 6.45) is 7.03. The molecule has 2 atom stereocenters. The molecule has 0 unspecified atom stereocenters. The van der Waals surface area contributed by atoms with E-state index < -0.39 is 0 Å². The first-order chi connectivity index (χ1) is 11.7. The van der Waals surface area contributed by atoms with E-state index in [1.807, 2.05) is 6.07 Å². The fraction of sp³-hybridized carbons (Fsp3) is 0.647. The van der Waals surface area contributed by atoms with Crippen molar-refractivity contribution in [3.05, 3.63) is 21.4 Å². The molecule has 1 saturated heterocycles. The number of thiophene rings is 1. The normalized spacial score (nSPS) is 22.7. The van der Waals surface area contributed by atoms with Gasteiger partial charge < -0.3 is 10.1 Å². The van der Waals surface area contributed by atoms with Crippen molar-refractivity contribution < 1.29 is 9.53 Å². The van der Waals surface area contributed by atoms with Crippen molar-refractivity contribution in [2.24, 2.45) is 5.92 Å². The summed E-state index contributed by atoms with van der Waals surface area (Å²) in [6, 6.07) is 2.04. The lowest BCUT2D eigenvalue weighted by molar-refractivity contribution is 0.0947. The second-order valence-corrected chi connectivity index (χ2v) is 8.05. The van der Waals surface area contributed by atoms with E-state index in [1.54, 1.807) is 11.3 Å². The SMILES string of the molecule is CC[C@@H]1CCc2sc(C(=O)NNC(=S)NC[C@H]3CCCO3)cc2C1. The number of rotatable bonds is 4. The van der Waals surface area contributed by atoms with Crippen LogP contribution < -0.4 is 16.2 Å². The number of hydrogen-bond donors (Lipinski definition) is 3. The van der Waals surface area contributed by atoms with Gasteiger partial charge in [-0.25, -0.2) is 0 Å². The minimum Gasteiger partial charge on any atom is -0.376 e. The number of carbonyl (C=O) groups excluding carboxylic acids is 1. The van der Waals surface area contributed by atoms with Crippen molar-refractivity contribution in [3.63, 3.8) is 0 Å². The summed E-state index contributed by atoms with van der Waals surface area (Å²) >= 11 is 6.79. The molecule has 3 N–H and O–H groups in total. The maximum atomic E-state index is 12.3. The molecule has 0 radical (unpaired) electrons. The van der Waals surface area contributed by atoms with E-state index in [-0.39, 0.29) is 12.0 Å². The highest BCUT2D eigenvalue weighted by molar-refractivity contribution is 7.80. The summed E-state index contributed by atoms with van der Waals surface area (Å²) < 4.78 is 5.53. The third kappa shape index (κ3) is 4.46. The Balaban J connectivity index is 1.45. The molecule has 1 fully saturated rings. The number of carbonyl (C=O) groups is 1. The van der Waals surface area contributed by atoms with Crippen LogP contribution in [0.25, 0.3) is 0 Å². The molecule has 1 aliphatic heterocycles. The van der Waals surface area contributed by atoms with Crippen molar-refractivity contribution in [1.29, 1.82) is 0 Å². The van der Waals surface area contributed by atoms with E-state index in [2.05, 4.69) is 23.1 Å². The molecular weight excluding hydrogens is 342 g/mol. The molecule has 0 spiro atoms. The molecule has 132 valence electrons. The van der Waals surface area contributed by atoms with Gasteiger partial charge in [-0.15, -0.1) is 11.3 Å². The summed E-state index contributed by atoms with van der Waals surface area (Å²) in [4.78, 5) is 14.4. The molecule has 0 aromatic carbocycles. The zero-order chi connectivity index (χ0) is 16.9. The number of amides is 1. The van der Waals surface area contributed by atoms with Gasteiger partial charge in [0.25, 0.3) is 5.91 Å². The molecule has 24 heavy (non-hydrogen) atoms. The van der Waals surface area contributed by atoms with Gasteiger partial charge in [0, 0.05) is 18.0 Å². The topological polar surface area (TPSA) is 62.4 Å². The lowest BCUT2D eigenvalue weighted by Crippen LogP contribution is -2.48. The standard InChI is InChI=1S/C17H25N3O2S2/c1-2-11-5-6-14-12(8-11)9-15(24-14)16(21)19-20-17(23)18-10-13-4-3-7-22-13/h9,11,13H,2-8,10H2,1H3,(H,19,21)(H2,18,20,23)/t11-,13-/m1/s1. The van der Waals surface area contributed by atoms with Crippen LogP contribution in [-0.2, 0) is 17.6 Å². The summed E-state index contributed by atoms with van der Waals surface area (Å²) in [7, 11) is 0. The molecule has 2 aliphatic rings. The molecule has 0 saturated carbocycles. The van der Waals surface area contributed by atoms with Crippen LogP contribution in [0.2, 0.25) is 0 Å². The Morgan fingerprint density at radius 2 is 2.29 bits per heavy atom. The Kier molecular flexibility index (Phi) is 6.08. The number of hydrazine groups is 1. The fourth-order valence-corrected chi connectivity index (χ4v) is 4.53. The summed E-state index contributed by atoms with van der Waals surface area (Å²) in [5.41, 5.74) is 6.81. The van der Waals surface area contributed by atoms with E-state index in [0.29, 0.717) is 11.7 Å². The molecule has 0 bridgehead atoms. The molecule has 1 aromatic rings. The van der Waals surface area contributed by atoms with E-state index in [0.717, 1.165) is 43.1 Å². The minimum atomic E-state index is -0.122. The van der Waals surface area contributed by atoms with Gasteiger partial charge in [-0.2, -0.15) is 0 Å². The van der Waals surface area contributed by atoms with Gasteiger partial charge in [-0.05, 0) is 61.9 Å². The van der Waals surface area contributed by atoms with Gasteiger partial charge >= 0.3 is 0 Å². The van der Waals surface area contributed by atoms with Gasteiger partial charge in [-0.3, -0.25) is 15.6 Å². The van der Waals surface area contributed by atoms with Crippen LogP contribution in [0.1, 0.15) is 52.7 Å². The first-order valence-corrected chi connectivity index (χ1v) is 9.95. The second-order valence-electron chi connectivity index (χ2n) is 6.50. The number of aryl methyl sites for hydroxylation is 1. The fourth-order valence-electron chi connectivity index (χ4n) is 3.29. The highest BCUT2D eigenvalue weighted by Crippen LogP contribution is 2.33. The Labute approximate surface area is 152 Å². The third-order valence-corrected chi connectivity index (χ3v) is 6.27. The quantitative estimate of drug-likeness (QED) is 0.564. The maximum absolute atomic E-state index is 12.3. The number of ether oxygens (including phenoxy) is 1. The molecule has 1 amide bonds. The average Bonchev–Trinajstić information content (AvgIpc) is 3.26. The van der Waals surface area contributed by atoms with E-state index in [9.17, 15) is 4.79 Å². The first kappa shape index (κ1) is 17.6. The summed E-state index contributed by atoms with van der Waals surface area (Å²) in [5, 5.41) is 3.50. The molecule has 1 aromatic heterocycles. The molecular formula is C17H25N3O2S2. The van der Waals surface area contributed by atoms with Crippen molar-refractivity contribution >= 4 is 34.6 Å². The summed E-state index contributed by atoms with van der Waals surface area (Å²) in [5.74, 6) is 0.638. The lowest BCUT2D eigenvalue weighted by atomic mass is 9.87. The number of thiocarbonyl (C=S) groups is 1. The van der Waals surface area contributed by atoms with Crippen LogP contribution in [0.4, 0.5) is 0 Å². The molecule has 7 heteroatoms. The van der Waals surface area contributed by atoms with Gasteiger partial charge in [0.05, 0.1) is 11.0 Å². The van der Waals surface area contributed by atoms with E-state index in [4.69, 9.17) is 17.0 Å². The van der Waals surface area contributed by atoms with Crippen molar-refractivity contribution in [1.82, 2.24) is 16.2 Å². The monoisotopic (exact) mass is 367 g/mol. The predicted octanol–water partition coefficient (Wildman–Crippen LogP) is 2.55. The number of nitrogens with one attached hydrogen (secondary N) is 3. The third-order valence-electron chi connectivity index (χ3n) is 4.79. The van der Waals surface area contributed by atoms with Gasteiger partial charge in [0.15, 0.2) is 5.11 Å². The van der Waals surface area contributed by atoms with Gasteiger partial charge in [0.2, 0.25) is 0 Å². The van der Waals surface area contributed by atoms with Crippen molar-refractivity contribution in [2.75, 3.05) is 13.2 Å². The molecule has 3 rings (SSSR count). The molecule has 5 nitrogen and oxygen atoms in total. The molecule has 1 aliphatic carbocycles. The Morgan fingerprint density at radius 1 is 1.42 bits per heavy atom. The Bertz CT molecular complexity index is 597. The van der Waals surface area contributed by atoms with Gasteiger partial charge in [0.1, 0.15) is 0 Å². The average molecular weight is 368 g/mol. The largest absolute Gasteiger partial charge is 0.376 e. The van der Waals surface area contributed by atoms with Crippen LogP contribution >= 0.6 is 23.6 Å². The second kappa shape index (κ2) is 8.27. The highest BCUT2D eigenvalue weighted by atomic mass is 32.1. The van der Waals surface area contributed by atoms with Crippen LogP contribution in [0.15, 0.2) is 6.07 Å². The Hall–Kier alpha value is -1.18. The summed E-state index contributed by atoms with van der Waals surface area (Å²) in [6.45, 7) is 3.74. The maximum Gasteiger partial charge on any atom is 0.279 e. The predicted molar refractivity (Wildman–Crippen MR) is 100 cm³/mol. The highest BCUT2D eigenvalue weighted by Gasteiger charge is 2.22. The smallest absolute Gasteiger partial charge is 0.279 e. The van der Waals surface area contributed by atoms with Crippen molar-refractivity contribution in [2.45, 2.75) is 51.6 Å². The van der Waals surface area contributed by atoms with E-state index in [1.165, 1.54) is 23.3 Å². The number of hydrogen-bond acceptors (Lipinski definition) is 4. The lowest BCUT2D eigenvalue weighted by Gasteiger charge is -2.19. The Morgan fingerprint density at radius 3 is 3.04 bits per heavy atom. The zero-order valence-electron chi connectivity index (χ0n) is 14.0. The first-order valence-electron chi connectivity index (χ1n) is 8.73. The van der Waals surface area contributed by atoms with Crippen LogP contribution in [0.5, 0.6) is 0 Å². The van der Waals surface area contributed by atoms with Crippen LogP contribution in [0, 0.1) is 5.92 Å². The zero-order valence-corrected chi connectivity index (χ0v) is 15.7. The van der Waals surface area contributed by atoms with Crippen LogP contribution in [0.3, 0.4) is 0 Å². The van der Waals surface area contributed by atoms with Gasteiger partial charge in [-0.1, -0.05) is 13.3 Å². The number of fused-ring (bicyclic) bond motifs is 1. The minimum absolute atomic E-state index is 0.122.